The Morgan fingerprint density at radius 3 is 2.38 bits per heavy atom. The first kappa shape index (κ1) is 17.7. The van der Waals surface area contributed by atoms with E-state index < -0.39 is 16.1 Å². The number of para-hydroxylation sites is 1. The molecule has 24 heavy (non-hydrogen) atoms. The maximum atomic E-state index is 12.8. The smallest absolute Gasteiger partial charge is 0.333 e. The van der Waals surface area contributed by atoms with Crippen molar-refractivity contribution < 1.29 is 13.2 Å². The molecule has 0 saturated carbocycles. The number of anilines is 2. The minimum atomic E-state index is -4.16. The van der Waals surface area contributed by atoms with Crippen LogP contribution in [0.5, 0.6) is 0 Å². The fourth-order valence-corrected chi connectivity index (χ4v) is 3.47. The minimum Gasteiger partial charge on any atom is -0.366 e. The number of urea groups is 1. The molecule has 0 aliphatic rings. The van der Waals surface area contributed by atoms with Crippen LogP contribution in [0, 0.1) is 0 Å². The quantitative estimate of drug-likeness (QED) is 0.716. The molecule has 0 atom stereocenters. The molecule has 0 aromatic heterocycles. The number of hydrogen-bond donors (Lipinski definition) is 3. The third kappa shape index (κ3) is 3.81. The number of nitrogens with two attached hydrogens (primary N) is 1. The van der Waals surface area contributed by atoms with E-state index in [-0.39, 0.29) is 10.6 Å². The van der Waals surface area contributed by atoms with Crippen molar-refractivity contribution in [2.24, 2.45) is 5.73 Å². The van der Waals surface area contributed by atoms with Gasteiger partial charge in [0.2, 0.25) is 0 Å². The van der Waals surface area contributed by atoms with E-state index in [9.17, 15) is 13.2 Å². The Labute approximate surface area is 145 Å². The van der Waals surface area contributed by atoms with E-state index in [4.69, 9.17) is 18.0 Å². The highest BCUT2D eigenvalue weighted by Crippen LogP contribution is 2.25. The Bertz CT molecular complexity index is 854. The Morgan fingerprint density at radius 2 is 1.79 bits per heavy atom. The number of hydrogen-bond acceptors (Lipinski definition) is 4. The van der Waals surface area contributed by atoms with Crippen molar-refractivity contribution in [1.29, 1.82) is 0 Å². The first-order valence-electron chi connectivity index (χ1n) is 6.85. The highest BCUT2D eigenvalue weighted by molar-refractivity contribution is 7.93. The molecule has 0 fully saturated rings. The van der Waals surface area contributed by atoms with Crippen molar-refractivity contribution in [3.05, 3.63) is 54.6 Å². The lowest BCUT2D eigenvalue weighted by Gasteiger charge is -2.20. The maximum Gasteiger partial charge on any atom is 0.333 e. The molecule has 126 valence electrons. The third-order valence-electron chi connectivity index (χ3n) is 3.05. The van der Waals surface area contributed by atoms with Gasteiger partial charge in [-0.15, -0.1) is 0 Å². The number of sulfonamides is 1. The molecule has 0 radical (unpaired) electrons. The van der Waals surface area contributed by atoms with Gasteiger partial charge >= 0.3 is 6.03 Å². The summed E-state index contributed by atoms with van der Waals surface area (Å²) in [6.45, 7) is 0. The molecule has 0 spiro atoms. The van der Waals surface area contributed by atoms with Gasteiger partial charge in [-0.2, -0.15) is 4.31 Å². The minimum absolute atomic E-state index is 0.0888. The molecule has 4 N–H and O–H groups in total. The lowest BCUT2D eigenvalue weighted by molar-refractivity contribution is 0.257. The summed E-state index contributed by atoms with van der Waals surface area (Å²) in [6.07, 6.45) is 0. The summed E-state index contributed by atoms with van der Waals surface area (Å²) in [5.74, 6) is 0. The van der Waals surface area contributed by atoms with E-state index in [0.717, 1.165) is 0 Å². The van der Waals surface area contributed by atoms with E-state index in [1.165, 1.54) is 30.3 Å². The predicted molar refractivity (Wildman–Crippen MR) is 97.4 cm³/mol. The van der Waals surface area contributed by atoms with Crippen molar-refractivity contribution in [3.8, 4) is 0 Å². The lowest BCUT2D eigenvalue weighted by atomic mass is 10.3. The second kappa shape index (κ2) is 7.28. The van der Waals surface area contributed by atoms with Crippen molar-refractivity contribution in [2.45, 2.75) is 4.90 Å². The summed E-state index contributed by atoms with van der Waals surface area (Å²) in [6, 6.07) is 12.8. The van der Waals surface area contributed by atoms with Gasteiger partial charge in [-0.1, -0.05) is 24.3 Å². The average Bonchev–Trinajstić information content (AvgIpc) is 2.55. The van der Waals surface area contributed by atoms with Crippen molar-refractivity contribution in [1.82, 2.24) is 5.32 Å². The number of rotatable bonds is 4. The van der Waals surface area contributed by atoms with Crippen molar-refractivity contribution in [3.63, 3.8) is 0 Å². The molecule has 2 aromatic rings. The Hall–Kier alpha value is -2.65. The summed E-state index contributed by atoms with van der Waals surface area (Å²) in [5.41, 5.74) is 5.92. The van der Waals surface area contributed by atoms with E-state index in [2.05, 4.69) is 10.6 Å². The first-order valence-corrected chi connectivity index (χ1v) is 8.69. The molecule has 7 nitrogen and oxygen atoms in total. The number of benzene rings is 2. The first-order chi connectivity index (χ1) is 11.4. The fourth-order valence-electron chi connectivity index (χ4n) is 1.98. The standard InChI is InChI=1S/C15H16N4O3S2/c1-17-15(23)18-11-6-5-9-13(10-11)24(21,22)19(14(16)20)12-7-3-2-4-8-12/h2-10H,1H3,(H2,16,20)(H2,17,18,23). The van der Waals surface area contributed by atoms with Gasteiger partial charge in [0, 0.05) is 12.7 Å². The van der Waals surface area contributed by atoms with E-state index in [0.29, 0.717) is 15.1 Å². The number of nitrogens with zero attached hydrogens (tertiary/aromatic N) is 1. The van der Waals surface area contributed by atoms with E-state index >= 15 is 0 Å². The van der Waals surface area contributed by atoms with Gasteiger partial charge in [0.25, 0.3) is 10.0 Å². The lowest BCUT2D eigenvalue weighted by Crippen LogP contribution is -2.40. The summed E-state index contributed by atoms with van der Waals surface area (Å²) >= 11 is 4.99. The van der Waals surface area contributed by atoms with E-state index in [1.54, 1.807) is 31.3 Å². The van der Waals surface area contributed by atoms with Gasteiger partial charge in [-0.25, -0.2) is 13.2 Å². The molecule has 9 heteroatoms. The van der Waals surface area contributed by atoms with Crippen LogP contribution in [0.25, 0.3) is 0 Å². The molecular formula is C15H16N4O3S2. The Kier molecular flexibility index (Phi) is 5.37. The second-order valence-corrected chi connectivity index (χ2v) is 6.87. The largest absolute Gasteiger partial charge is 0.366 e. The van der Waals surface area contributed by atoms with Crippen molar-refractivity contribution in [2.75, 3.05) is 16.7 Å². The summed E-state index contributed by atoms with van der Waals surface area (Å²) in [4.78, 5) is 11.7. The highest BCUT2D eigenvalue weighted by atomic mass is 32.2. The Balaban J connectivity index is 2.46. The van der Waals surface area contributed by atoms with Crippen molar-refractivity contribution >= 4 is 44.8 Å². The average molecular weight is 364 g/mol. The molecular weight excluding hydrogens is 348 g/mol. The van der Waals surface area contributed by atoms with Crippen LogP contribution in [-0.4, -0.2) is 26.6 Å². The van der Waals surface area contributed by atoms with Gasteiger partial charge < -0.3 is 16.4 Å². The molecule has 0 aliphatic carbocycles. The van der Waals surface area contributed by atoms with Gasteiger partial charge in [-0.05, 0) is 42.5 Å². The van der Waals surface area contributed by atoms with Crippen LogP contribution in [-0.2, 0) is 10.0 Å². The second-order valence-electron chi connectivity index (χ2n) is 4.68. The van der Waals surface area contributed by atoms with Gasteiger partial charge in [0.1, 0.15) is 0 Å². The zero-order valence-electron chi connectivity index (χ0n) is 12.8. The monoisotopic (exact) mass is 364 g/mol. The molecule has 0 aliphatic heterocycles. The zero-order valence-corrected chi connectivity index (χ0v) is 14.4. The van der Waals surface area contributed by atoms with Gasteiger partial charge in [-0.3, -0.25) is 0 Å². The number of primary amides is 1. The predicted octanol–water partition coefficient (Wildman–Crippen LogP) is 1.88. The van der Waals surface area contributed by atoms with E-state index in [1.807, 2.05) is 0 Å². The number of nitrogens with one attached hydrogen (secondary N) is 2. The van der Waals surface area contributed by atoms with Crippen LogP contribution in [0.15, 0.2) is 59.5 Å². The molecule has 2 rings (SSSR count). The molecule has 0 unspecified atom stereocenters. The normalized spacial score (nSPS) is 10.7. The summed E-state index contributed by atoms with van der Waals surface area (Å²) in [7, 11) is -2.52. The van der Waals surface area contributed by atoms with Crippen LogP contribution in [0.4, 0.5) is 16.2 Å². The summed E-state index contributed by atoms with van der Waals surface area (Å²) < 4.78 is 26.2. The molecule has 0 saturated heterocycles. The van der Waals surface area contributed by atoms with Crippen LogP contribution < -0.4 is 20.7 Å². The number of thiocarbonyl (C=S) groups is 1. The molecule has 2 aromatic carbocycles. The van der Waals surface area contributed by atoms with Crippen LogP contribution in [0.1, 0.15) is 0 Å². The topological polar surface area (TPSA) is 105 Å². The Morgan fingerprint density at radius 1 is 1.12 bits per heavy atom. The number of carbonyl (C=O) groups excluding carboxylic acids is 1. The SMILES string of the molecule is CNC(=S)Nc1cccc(S(=O)(=O)N(C(N)=O)c2ccccc2)c1. The fraction of sp³-hybridized carbons (Fsp3) is 0.0667. The number of carbonyl (C=O) groups is 1. The molecule has 2 amide bonds. The van der Waals surface area contributed by atoms with Crippen LogP contribution >= 0.6 is 12.2 Å². The van der Waals surface area contributed by atoms with Crippen LogP contribution in [0.2, 0.25) is 0 Å². The highest BCUT2D eigenvalue weighted by Gasteiger charge is 2.29. The third-order valence-corrected chi connectivity index (χ3v) is 5.08. The number of amides is 2. The van der Waals surface area contributed by atoms with Gasteiger partial charge in [0.05, 0.1) is 10.6 Å². The van der Waals surface area contributed by atoms with Gasteiger partial charge in [0.15, 0.2) is 5.11 Å². The molecule has 0 heterocycles. The molecule has 0 bridgehead atoms. The maximum absolute atomic E-state index is 12.8. The summed E-state index contributed by atoms with van der Waals surface area (Å²) in [5, 5.41) is 5.89. The van der Waals surface area contributed by atoms with Crippen LogP contribution in [0.3, 0.4) is 0 Å². The zero-order chi connectivity index (χ0) is 17.7.